The van der Waals surface area contributed by atoms with Crippen molar-refractivity contribution in [2.75, 3.05) is 13.1 Å². The molecule has 4 rings (SSSR count). The van der Waals surface area contributed by atoms with Crippen molar-refractivity contribution >= 4 is 11.3 Å². The van der Waals surface area contributed by atoms with Crippen molar-refractivity contribution in [1.29, 1.82) is 0 Å². The standard InChI is InChI=1S/C17H26N2S/c1-2-11-19(16(6-1)14-5-4-10-18-14)15-7-3-8-17-13(15)9-12-20-17/h9,12,14-16,18H,1-8,10-11H2. The quantitative estimate of drug-likeness (QED) is 0.893. The first-order valence-corrected chi connectivity index (χ1v) is 9.37. The van der Waals surface area contributed by atoms with Crippen LogP contribution in [0.1, 0.15) is 61.4 Å². The van der Waals surface area contributed by atoms with E-state index in [9.17, 15) is 0 Å². The van der Waals surface area contributed by atoms with Crippen LogP contribution in [0.5, 0.6) is 0 Å². The van der Waals surface area contributed by atoms with E-state index in [2.05, 4.69) is 21.7 Å². The van der Waals surface area contributed by atoms with Crippen LogP contribution in [0.4, 0.5) is 0 Å². The lowest BCUT2D eigenvalue weighted by Gasteiger charge is -2.45. The van der Waals surface area contributed by atoms with Gasteiger partial charge in [-0.3, -0.25) is 4.90 Å². The van der Waals surface area contributed by atoms with Gasteiger partial charge in [0.05, 0.1) is 0 Å². The van der Waals surface area contributed by atoms with Crippen LogP contribution >= 0.6 is 11.3 Å². The Kier molecular flexibility index (Phi) is 3.84. The molecule has 1 N–H and O–H groups in total. The topological polar surface area (TPSA) is 15.3 Å². The Bertz CT molecular complexity index is 450. The predicted molar refractivity (Wildman–Crippen MR) is 85.4 cm³/mol. The zero-order valence-corrected chi connectivity index (χ0v) is 13.1. The molecule has 1 aromatic heterocycles. The molecule has 20 heavy (non-hydrogen) atoms. The van der Waals surface area contributed by atoms with Crippen LogP contribution in [0, 0.1) is 0 Å². The number of rotatable bonds is 2. The molecule has 3 heterocycles. The van der Waals surface area contributed by atoms with Gasteiger partial charge in [0.25, 0.3) is 0 Å². The maximum Gasteiger partial charge on any atom is 0.0362 e. The molecule has 3 aliphatic rings. The van der Waals surface area contributed by atoms with Gasteiger partial charge in [-0.1, -0.05) is 6.42 Å². The number of likely N-dealkylation sites (tertiary alicyclic amines) is 1. The number of fused-ring (bicyclic) bond motifs is 1. The van der Waals surface area contributed by atoms with Gasteiger partial charge in [0, 0.05) is 23.0 Å². The number of hydrogen-bond donors (Lipinski definition) is 1. The summed E-state index contributed by atoms with van der Waals surface area (Å²) in [5.74, 6) is 0. The third-order valence-corrected chi connectivity index (χ3v) is 6.57. The van der Waals surface area contributed by atoms with Gasteiger partial charge in [-0.2, -0.15) is 0 Å². The Morgan fingerprint density at radius 1 is 1.10 bits per heavy atom. The van der Waals surface area contributed by atoms with Gasteiger partial charge in [0.1, 0.15) is 0 Å². The predicted octanol–water partition coefficient (Wildman–Crippen LogP) is 3.73. The van der Waals surface area contributed by atoms with Gasteiger partial charge in [-0.25, -0.2) is 0 Å². The summed E-state index contributed by atoms with van der Waals surface area (Å²) in [6.45, 7) is 2.56. The summed E-state index contributed by atoms with van der Waals surface area (Å²) in [5, 5.41) is 6.09. The van der Waals surface area contributed by atoms with Gasteiger partial charge < -0.3 is 5.32 Å². The summed E-state index contributed by atoms with van der Waals surface area (Å²) in [7, 11) is 0. The maximum absolute atomic E-state index is 3.77. The molecule has 0 radical (unpaired) electrons. The van der Waals surface area contributed by atoms with Gasteiger partial charge in [0.15, 0.2) is 0 Å². The van der Waals surface area contributed by atoms with Crippen molar-refractivity contribution < 1.29 is 0 Å². The zero-order chi connectivity index (χ0) is 13.4. The number of nitrogens with one attached hydrogen (secondary N) is 1. The second kappa shape index (κ2) is 5.78. The number of piperidine rings is 1. The summed E-state index contributed by atoms with van der Waals surface area (Å²) in [4.78, 5) is 4.56. The van der Waals surface area contributed by atoms with Crippen molar-refractivity contribution in [1.82, 2.24) is 10.2 Å². The van der Waals surface area contributed by atoms with E-state index in [1.165, 1.54) is 64.5 Å². The molecule has 0 aromatic carbocycles. The summed E-state index contributed by atoms with van der Waals surface area (Å²) in [6.07, 6.45) is 11.1. The Balaban J connectivity index is 1.59. The Morgan fingerprint density at radius 3 is 3.00 bits per heavy atom. The van der Waals surface area contributed by atoms with Crippen LogP contribution in [0.25, 0.3) is 0 Å². The summed E-state index contributed by atoms with van der Waals surface area (Å²) < 4.78 is 0. The first kappa shape index (κ1) is 13.3. The van der Waals surface area contributed by atoms with E-state index in [0.29, 0.717) is 0 Å². The summed E-state index contributed by atoms with van der Waals surface area (Å²) in [6, 6.07) is 4.69. The van der Waals surface area contributed by atoms with Crippen LogP contribution in [-0.4, -0.2) is 30.1 Å². The Labute approximate surface area is 126 Å². The minimum Gasteiger partial charge on any atom is -0.312 e. The fraction of sp³-hybridized carbons (Fsp3) is 0.765. The lowest BCUT2D eigenvalue weighted by molar-refractivity contribution is 0.0643. The summed E-state index contributed by atoms with van der Waals surface area (Å²) in [5.41, 5.74) is 1.67. The third-order valence-electron chi connectivity index (χ3n) is 5.58. The minimum atomic E-state index is 0.720. The van der Waals surface area contributed by atoms with E-state index < -0.39 is 0 Å². The average molecular weight is 290 g/mol. The molecule has 2 aliphatic heterocycles. The molecule has 2 saturated heterocycles. The first-order chi connectivity index (χ1) is 9.93. The largest absolute Gasteiger partial charge is 0.312 e. The molecule has 110 valence electrons. The SMILES string of the molecule is c1cc2c(s1)CCCC2N1CCCCC1C1CCCN1. The Hall–Kier alpha value is -0.380. The Morgan fingerprint density at radius 2 is 2.10 bits per heavy atom. The molecule has 2 nitrogen and oxygen atoms in total. The fourth-order valence-electron chi connectivity index (χ4n) is 4.65. The van der Waals surface area contributed by atoms with E-state index in [0.717, 1.165) is 18.1 Å². The van der Waals surface area contributed by atoms with Crippen LogP contribution in [-0.2, 0) is 6.42 Å². The highest BCUT2D eigenvalue weighted by atomic mass is 32.1. The monoisotopic (exact) mass is 290 g/mol. The van der Waals surface area contributed by atoms with Crippen molar-refractivity contribution in [2.45, 2.75) is 69.5 Å². The smallest absolute Gasteiger partial charge is 0.0362 e. The normalized spacial score (nSPS) is 35.1. The molecule has 1 aliphatic carbocycles. The molecular formula is C17H26N2S. The lowest BCUT2D eigenvalue weighted by Crippen LogP contribution is -2.51. The number of thiophene rings is 1. The highest BCUT2D eigenvalue weighted by molar-refractivity contribution is 7.10. The molecule has 3 atom stereocenters. The minimum absolute atomic E-state index is 0.720. The number of nitrogens with zero attached hydrogens (tertiary/aromatic N) is 1. The van der Waals surface area contributed by atoms with E-state index in [-0.39, 0.29) is 0 Å². The molecule has 0 amide bonds. The molecule has 1 aromatic rings. The number of aryl methyl sites for hydroxylation is 1. The lowest BCUT2D eigenvalue weighted by atomic mass is 9.87. The van der Waals surface area contributed by atoms with Gasteiger partial charge in [-0.05, 0) is 75.0 Å². The average Bonchev–Trinajstić information content (AvgIpc) is 3.18. The molecular weight excluding hydrogens is 264 g/mol. The van der Waals surface area contributed by atoms with E-state index in [1.807, 2.05) is 11.3 Å². The van der Waals surface area contributed by atoms with E-state index in [4.69, 9.17) is 0 Å². The van der Waals surface area contributed by atoms with Gasteiger partial charge in [-0.15, -0.1) is 11.3 Å². The van der Waals surface area contributed by atoms with Gasteiger partial charge >= 0.3 is 0 Å². The second-order valence-electron chi connectivity index (χ2n) is 6.71. The molecule has 2 fully saturated rings. The highest BCUT2D eigenvalue weighted by Gasteiger charge is 2.37. The molecule has 3 unspecified atom stereocenters. The van der Waals surface area contributed by atoms with E-state index >= 15 is 0 Å². The van der Waals surface area contributed by atoms with E-state index in [1.54, 1.807) is 10.4 Å². The van der Waals surface area contributed by atoms with Crippen LogP contribution in [0.2, 0.25) is 0 Å². The first-order valence-electron chi connectivity index (χ1n) is 8.49. The maximum atomic E-state index is 3.77. The van der Waals surface area contributed by atoms with Crippen molar-refractivity contribution in [3.63, 3.8) is 0 Å². The number of hydrogen-bond acceptors (Lipinski definition) is 3. The molecule has 0 spiro atoms. The summed E-state index contributed by atoms with van der Waals surface area (Å²) >= 11 is 1.98. The molecule has 0 saturated carbocycles. The molecule has 0 bridgehead atoms. The van der Waals surface area contributed by atoms with Crippen molar-refractivity contribution in [3.8, 4) is 0 Å². The van der Waals surface area contributed by atoms with Crippen LogP contribution < -0.4 is 5.32 Å². The third kappa shape index (κ3) is 2.34. The van der Waals surface area contributed by atoms with Crippen molar-refractivity contribution in [2.24, 2.45) is 0 Å². The van der Waals surface area contributed by atoms with Crippen LogP contribution in [0.3, 0.4) is 0 Å². The van der Waals surface area contributed by atoms with Crippen molar-refractivity contribution in [3.05, 3.63) is 21.9 Å². The zero-order valence-electron chi connectivity index (χ0n) is 12.3. The second-order valence-corrected chi connectivity index (χ2v) is 7.71. The van der Waals surface area contributed by atoms with Crippen LogP contribution in [0.15, 0.2) is 11.4 Å². The van der Waals surface area contributed by atoms with Gasteiger partial charge in [0.2, 0.25) is 0 Å². The highest BCUT2D eigenvalue weighted by Crippen LogP contribution is 2.41. The molecule has 3 heteroatoms. The fourth-order valence-corrected chi connectivity index (χ4v) is 5.63.